The van der Waals surface area contributed by atoms with Crippen molar-refractivity contribution in [3.63, 3.8) is 0 Å². The first kappa shape index (κ1) is 16.5. The van der Waals surface area contributed by atoms with E-state index in [-0.39, 0.29) is 18.9 Å². The third kappa shape index (κ3) is 5.51. The van der Waals surface area contributed by atoms with E-state index in [0.29, 0.717) is 12.2 Å². The second kappa shape index (κ2) is 7.88. The molecule has 9 heteroatoms. The minimum absolute atomic E-state index is 0.185. The van der Waals surface area contributed by atoms with E-state index in [1.165, 1.54) is 0 Å². The summed E-state index contributed by atoms with van der Waals surface area (Å²) in [5.74, 6) is -1.84. The molecule has 2 atom stereocenters. The van der Waals surface area contributed by atoms with E-state index < -0.39 is 24.0 Å². The van der Waals surface area contributed by atoms with Gasteiger partial charge in [0.25, 0.3) is 0 Å². The van der Waals surface area contributed by atoms with E-state index in [9.17, 15) is 14.4 Å². The van der Waals surface area contributed by atoms with Crippen LogP contribution in [-0.2, 0) is 9.59 Å². The number of carboxylic acid groups (broad SMARTS) is 2. The Balaban J connectivity index is 2.56. The third-order valence-corrected chi connectivity index (χ3v) is 2.81. The van der Waals surface area contributed by atoms with Gasteiger partial charge >= 0.3 is 18.0 Å². The molecule has 0 aliphatic carbocycles. The van der Waals surface area contributed by atoms with Gasteiger partial charge in [0.05, 0.1) is 6.04 Å². The van der Waals surface area contributed by atoms with Crippen molar-refractivity contribution in [3.05, 3.63) is 18.2 Å². The fourth-order valence-corrected chi connectivity index (χ4v) is 1.72. The zero-order chi connectivity index (χ0) is 15.8. The van der Waals surface area contributed by atoms with Crippen molar-refractivity contribution < 1.29 is 24.6 Å². The fraction of sp³-hybridized carbons (Fsp3) is 0.500. The van der Waals surface area contributed by atoms with Gasteiger partial charge in [-0.15, -0.1) is 0 Å². The van der Waals surface area contributed by atoms with E-state index in [2.05, 4.69) is 20.6 Å². The molecule has 0 spiro atoms. The second-order valence-electron chi connectivity index (χ2n) is 4.38. The smallest absolute Gasteiger partial charge is 0.326 e. The Bertz CT molecular complexity index is 488. The Morgan fingerprint density at radius 3 is 2.52 bits per heavy atom. The molecule has 1 aromatic heterocycles. The largest absolute Gasteiger partial charge is 0.481 e. The SMILES string of the molecule is CCC(NC(=O)NC(CCC(=O)O)C(=O)O)c1ncc[nH]1. The van der Waals surface area contributed by atoms with Crippen molar-refractivity contribution in [1.82, 2.24) is 20.6 Å². The molecule has 0 bridgehead atoms. The predicted octanol–water partition coefficient (Wildman–Crippen LogP) is 0.478. The Morgan fingerprint density at radius 1 is 1.33 bits per heavy atom. The van der Waals surface area contributed by atoms with Crippen LogP contribution in [0.25, 0.3) is 0 Å². The molecule has 0 fully saturated rings. The van der Waals surface area contributed by atoms with Crippen LogP contribution in [0.2, 0.25) is 0 Å². The lowest BCUT2D eigenvalue weighted by molar-refractivity contribution is -0.140. The third-order valence-electron chi connectivity index (χ3n) is 2.81. The molecular weight excluding hydrogens is 280 g/mol. The molecule has 5 N–H and O–H groups in total. The summed E-state index contributed by atoms with van der Waals surface area (Å²) in [6, 6.07) is -2.32. The van der Waals surface area contributed by atoms with Crippen LogP contribution < -0.4 is 10.6 Å². The molecule has 0 radical (unpaired) electrons. The number of carbonyl (C=O) groups excluding carboxylic acids is 1. The Kier molecular flexibility index (Phi) is 6.18. The van der Waals surface area contributed by atoms with Crippen molar-refractivity contribution in [2.45, 2.75) is 38.3 Å². The molecule has 0 aliphatic rings. The lowest BCUT2D eigenvalue weighted by Gasteiger charge is -2.18. The number of hydrogen-bond acceptors (Lipinski definition) is 4. The van der Waals surface area contributed by atoms with Crippen LogP contribution in [0.15, 0.2) is 12.4 Å². The average Bonchev–Trinajstić information content (AvgIpc) is 2.94. The zero-order valence-electron chi connectivity index (χ0n) is 11.5. The Labute approximate surface area is 120 Å². The molecule has 1 aromatic rings. The van der Waals surface area contributed by atoms with Gasteiger partial charge in [-0.25, -0.2) is 14.6 Å². The minimum atomic E-state index is -1.28. The summed E-state index contributed by atoms with van der Waals surface area (Å²) in [4.78, 5) is 40.1. The number of imidazole rings is 1. The fourth-order valence-electron chi connectivity index (χ4n) is 1.72. The molecule has 1 rings (SSSR count). The summed E-state index contributed by atoms with van der Waals surface area (Å²) in [5, 5.41) is 22.3. The van der Waals surface area contributed by atoms with Gasteiger partial charge in [0.15, 0.2) is 0 Å². The van der Waals surface area contributed by atoms with Crippen LogP contribution in [-0.4, -0.2) is 44.2 Å². The number of aliphatic carboxylic acids is 2. The molecule has 21 heavy (non-hydrogen) atoms. The molecule has 0 saturated heterocycles. The quantitative estimate of drug-likeness (QED) is 0.472. The van der Waals surface area contributed by atoms with Gasteiger partial charge in [0, 0.05) is 18.8 Å². The maximum absolute atomic E-state index is 11.8. The van der Waals surface area contributed by atoms with Crippen LogP contribution in [0.5, 0.6) is 0 Å². The molecular formula is C12H18N4O5. The maximum Gasteiger partial charge on any atom is 0.326 e. The summed E-state index contributed by atoms with van der Waals surface area (Å²) in [6.07, 6.45) is 3.20. The normalized spacial score (nSPS) is 13.2. The molecule has 0 aliphatic heterocycles. The molecule has 2 amide bonds. The number of amides is 2. The number of urea groups is 1. The van der Waals surface area contributed by atoms with Crippen molar-refractivity contribution in [2.24, 2.45) is 0 Å². The van der Waals surface area contributed by atoms with Crippen molar-refractivity contribution in [1.29, 1.82) is 0 Å². The lowest BCUT2D eigenvalue weighted by atomic mass is 10.1. The minimum Gasteiger partial charge on any atom is -0.481 e. The summed E-state index contributed by atoms with van der Waals surface area (Å²) in [5.41, 5.74) is 0. The number of carboxylic acids is 2. The number of rotatable bonds is 8. The first-order valence-electron chi connectivity index (χ1n) is 6.45. The van der Waals surface area contributed by atoms with E-state index >= 15 is 0 Å². The van der Waals surface area contributed by atoms with E-state index in [1.807, 2.05) is 6.92 Å². The van der Waals surface area contributed by atoms with Crippen LogP contribution in [0.1, 0.15) is 38.1 Å². The number of H-pyrrole nitrogens is 1. The lowest BCUT2D eigenvalue weighted by Crippen LogP contribution is -2.47. The van der Waals surface area contributed by atoms with Gasteiger partial charge in [-0.2, -0.15) is 0 Å². The van der Waals surface area contributed by atoms with Gasteiger partial charge in [-0.1, -0.05) is 6.92 Å². The monoisotopic (exact) mass is 298 g/mol. The standard InChI is InChI=1S/C12H18N4O5/c1-2-7(10-13-5-6-14-10)15-12(21)16-8(11(19)20)3-4-9(17)18/h5-8H,2-4H2,1H3,(H,13,14)(H,17,18)(H,19,20)(H2,15,16,21). The molecule has 0 aromatic carbocycles. The first-order chi connectivity index (χ1) is 9.93. The van der Waals surface area contributed by atoms with Crippen molar-refractivity contribution in [3.8, 4) is 0 Å². The van der Waals surface area contributed by atoms with E-state index in [4.69, 9.17) is 10.2 Å². The first-order valence-corrected chi connectivity index (χ1v) is 6.45. The van der Waals surface area contributed by atoms with Crippen molar-refractivity contribution in [2.75, 3.05) is 0 Å². The summed E-state index contributed by atoms with van der Waals surface area (Å²) in [6.45, 7) is 1.84. The number of aromatic nitrogens is 2. The summed E-state index contributed by atoms with van der Waals surface area (Å²) >= 11 is 0. The molecule has 0 saturated carbocycles. The van der Waals surface area contributed by atoms with Crippen LogP contribution in [0.3, 0.4) is 0 Å². The van der Waals surface area contributed by atoms with Crippen LogP contribution >= 0.6 is 0 Å². The van der Waals surface area contributed by atoms with Crippen LogP contribution in [0, 0.1) is 0 Å². The topological polar surface area (TPSA) is 144 Å². The molecule has 2 unspecified atom stereocenters. The Hall–Kier alpha value is -2.58. The molecule has 9 nitrogen and oxygen atoms in total. The highest BCUT2D eigenvalue weighted by molar-refractivity contribution is 5.83. The maximum atomic E-state index is 11.8. The molecule has 1 heterocycles. The number of aromatic amines is 1. The number of carbonyl (C=O) groups is 3. The highest BCUT2D eigenvalue weighted by Gasteiger charge is 2.22. The Morgan fingerprint density at radius 2 is 2.05 bits per heavy atom. The van der Waals surface area contributed by atoms with Gasteiger partial charge < -0.3 is 25.8 Å². The van der Waals surface area contributed by atoms with E-state index in [0.717, 1.165) is 0 Å². The number of nitrogens with zero attached hydrogens (tertiary/aromatic N) is 1. The summed E-state index contributed by atoms with van der Waals surface area (Å²) < 4.78 is 0. The highest BCUT2D eigenvalue weighted by atomic mass is 16.4. The number of nitrogens with one attached hydrogen (secondary N) is 3. The van der Waals surface area contributed by atoms with Crippen molar-refractivity contribution >= 4 is 18.0 Å². The average molecular weight is 298 g/mol. The number of hydrogen-bond donors (Lipinski definition) is 5. The zero-order valence-corrected chi connectivity index (χ0v) is 11.5. The van der Waals surface area contributed by atoms with Crippen LogP contribution in [0.4, 0.5) is 4.79 Å². The second-order valence-corrected chi connectivity index (χ2v) is 4.38. The van der Waals surface area contributed by atoms with Gasteiger partial charge in [0.2, 0.25) is 0 Å². The molecule has 116 valence electrons. The van der Waals surface area contributed by atoms with Gasteiger partial charge in [-0.3, -0.25) is 4.79 Å². The van der Waals surface area contributed by atoms with E-state index in [1.54, 1.807) is 12.4 Å². The summed E-state index contributed by atoms with van der Waals surface area (Å²) in [7, 11) is 0. The van der Waals surface area contributed by atoms with Gasteiger partial charge in [0.1, 0.15) is 11.9 Å². The van der Waals surface area contributed by atoms with Gasteiger partial charge in [-0.05, 0) is 12.8 Å². The predicted molar refractivity (Wildman–Crippen MR) is 71.6 cm³/mol. The highest BCUT2D eigenvalue weighted by Crippen LogP contribution is 2.11.